The van der Waals surface area contributed by atoms with Crippen LogP contribution in [0.5, 0.6) is 0 Å². The Morgan fingerprint density at radius 3 is 2.07 bits per heavy atom. The van der Waals surface area contributed by atoms with Gasteiger partial charge in [-0.2, -0.15) is 4.57 Å². The molecule has 142 valence electrons. The van der Waals surface area contributed by atoms with Gasteiger partial charge in [-0.15, -0.1) is 0 Å². The quantitative estimate of drug-likeness (QED) is 0.493. The highest BCUT2D eigenvalue weighted by molar-refractivity contribution is 5.75. The summed E-state index contributed by atoms with van der Waals surface area (Å²) in [5.41, 5.74) is 4.61. The van der Waals surface area contributed by atoms with E-state index in [0.29, 0.717) is 11.0 Å². The molecule has 0 fully saturated rings. The van der Waals surface area contributed by atoms with Gasteiger partial charge in [-0.3, -0.25) is 0 Å². The van der Waals surface area contributed by atoms with Gasteiger partial charge < -0.3 is 0 Å². The molecule has 0 aliphatic heterocycles. The van der Waals surface area contributed by atoms with E-state index < -0.39 is 11.6 Å². The van der Waals surface area contributed by atoms with Gasteiger partial charge in [0.25, 0.3) is 0 Å². The van der Waals surface area contributed by atoms with E-state index in [4.69, 9.17) is 0 Å². The molecule has 0 radical (unpaired) electrons. The van der Waals surface area contributed by atoms with Crippen LogP contribution in [0.1, 0.15) is 52.8 Å². The molecule has 2 nitrogen and oxygen atoms in total. The third-order valence-corrected chi connectivity index (χ3v) is 4.77. The molecule has 0 amide bonds. The number of halogens is 2. The van der Waals surface area contributed by atoms with Crippen molar-refractivity contribution in [1.29, 1.82) is 0 Å². The van der Waals surface area contributed by atoms with Crippen molar-refractivity contribution in [2.45, 2.75) is 59.4 Å². The van der Waals surface area contributed by atoms with Crippen molar-refractivity contribution in [3.05, 3.63) is 59.3 Å². The van der Waals surface area contributed by atoms with E-state index in [0.717, 1.165) is 17.0 Å². The lowest BCUT2D eigenvalue weighted by Crippen LogP contribution is -2.53. The second-order valence-electron chi connectivity index (χ2n) is 9.10. The van der Waals surface area contributed by atoms with Crippen LogP contribution in [0.3, 0.4) is 0 Å². The molecule has 4 heteroatoms. The summed E-state index contributed by atoms with van der Waals surface area (Å²) in [5.74, 6) is -1.74. The van der Waals surface area contributed by atoms with Crippen molar-refractivity contribution in [2.75, 3.05) is 0 Å². The molecule has 3 aromatic rings. The first-order valence-corrected chi connectivity index (χ1v) is 9.23. The van der Waals surface area contributed by atoms with E-state index in [1.165, 1.54) is 17.7 Å². The van der Waals surface area contributed by atoms with Crippen LogP contribution >= 0.6 is 0 Å². The molecule has 1 heterocycles. The minimum atomic E-state index is -0.877. The van der Waals surface area contributed by atoms with E-state index in [1.54, 1.807) is 0 Å². The molecule has 1 aromatic heterocycles. The summed E-state index contributed by atoms with van der Waals surface area (Å²) in [6.07, 6.45) is 0. The lowest BCUT2D eigenvalue weighted by molar-refractivity contribution is -0.721. The maximum atomic E-state index is 14.1. The number of aromatic nitrogens is 2. The van der Waals surface area contributed by atoms with Crippen LogP contribution in [0.4, 0.5) is 8.78 Å². The standard InChI is InChI=1S/C23H27F2N2/c1-14-21(15-10-8-9-11-16(15)22(2,3)4)27(23(5,6)7)20-13-18(25)17(24)12-19(20)26-14/h8-13H,1-7H3/q+1. The Morgan fingerprint density at radius 2 is 1.48 bits per heavy atom. The van der Waals surface area contributed by atoms with Crippen LogP contribution in [0.15, 0.2) is 36.4 Å². The second kappa shape index (κ2) is 6.36. The predicted molar refractivity (Wildman–Crippen MR) is 106 cm³/mol. The van der Waals surface area contributed by atoms with E-state index in [1.807, 2.05) is 19.1 Å². The minimum absolute atomic E-state index is 0.0677. The van der Waals surface area contributed by atoms with Gasteiger partial charge in [-0.25, -0.2) is 13.8 Å². The van der Waals surface area contributed by atoms with Gasteiger partial charge in [0.05, 0.1) is 11.6 Å². The zero-order chi connectivity index (χ0) is 20.1. The molecule has 0 saturated carbocycles. The Balaban J connectivity index is 2.52. The minimum Gasteiger partial charge on any atom is -0.240 e. The van der Waals surface area contributed by atoms with E-state index in [9.17, 15) is 8.78 Å². The highest BCUT2D eigenvalue weighted by Crippen LogP contribution is 2.34. The lowest BCUT2D eigenvalue weighted by Gasteiger charge is -2.25. The summed E-state index contributed by atoms with van der Waals surface area (Å²) in [5, 5.41) is 0. The molecule has 0 saturated heterocycles. The van der Waals surface area contributed by atoms with Gasteiger partial charge in [0, 0.05) is 26.8 Å². The molecule has 3 rings (SSSR count). The number of hydrogen-bond acceptors (Lipinski definition) is 1. The van der Waals surface area contributed by atoms with Crippen LogP contribution in [-0.4, -0.2) is 4.98 Å². The summed E-state index contributed by atoms with van der Waals surface area (Å²) in [6.45, 7) is 14.6. The number of benzene rings is 2. The number of fused-ring (bicyclic) bond motifs is 1. The Kier molecular flexibility index (Phi) is 4.57. The van der Waals surface area contributed by atoms with Gasteiger partial charge in [0.1, 0.15) is 11.2 Å². The molecule has 0 bridgehead atoms. The Hall–Kier alpha value is -2.36. The summed E-state index contributed by atoms with van der Waals surface area (Å²) in [4.78, 5) is 4.62. The number of rotatable bonds is 1. The van der Waals surface area contributed by atoms with Crippen molar-refractivity contribution in [2.24, 2.45) is 0 Å². The topological polar surface area (TPSA) is 16.8 Å². The molecule has 0 spiro atoms. The van der Waals surface area contributed by atoms with Gasteiger partial charge in [0.15, 0.2) is 17.2 Å². The fourth-order valence-electron chi connectivity index (χ4n) is 3.67. The van der Waals surface area contributed by atoms with Gasteiger partial charge in [-0.05, 0) is 24.0 Å². The molecule has 0 N–H and O–H groups in total. The lowest BCUT2D eigenvalue weighted by atomic mass is 9.82. The Labute approximate surface area is 159 Å². The zero-order valence-electron chi connectivity index (χ0n) is 17.1. The number of nitrogens with zero attached hydrogens (tertiary/aromatic N) is 2. The third-order valence-electron chi connectivity index (χ3n) is 4.77. The van der Waals surface area contributed by atoms with Crippen molar-refractivity contribution in [3.8, 4) is 11.3 Å². The smallest absolute Gasteiger partial charge is 0.235 e. The average molecular weight is 369 g/mol. The predicted octanol–water partition coefficient (Wildman–Crippen LogP) is 5.83. The monoisotopic (exact) mass is 369 g/mol. The Bertz CT molecular complexity index is 1030. The SMILES string of the molecule is Cc1nc2cc(F)c(F)cc2[n+](C(C)(C)C)c1-c1ccccc1C(C)(C)C. The summed E-state index contributed by atoms with van der Waals surface area (Å²) in [7, 11) is 0. The zero-order valence-corrected chi connectivity index (χ0v) is 17.1. The first-order chi connectivity index (χ1) is 12.4. The number of aryl methyl sites for hydroxylation is 1. The van der Waals surface area contributed by atoms with Gasteiger partial charge in [-0.1, -0.05) is 39.0 Å². The van der Waals surface area contributed by atoms with Gasteiger partial charge >= 0.3 is 0 Å². The first-order valence-electron chi connectivity index (χ1n) is 9.23. The number of hydrogen-bond donors (Lipinski definition) is 0. The van der Waals surface area contributed by atoms with Crippen molar-refractivity contribution >= 4 is 11.0 Å². The fraction of sp³-hybridized carbons (Fsp3) is 0.391. The van der Waals surface area contributed by atoms with Crippen LogP contribution in [0, 0.1) is 18.6 Å². The van der Waals surface area contributed by atoms with E-state index >= 15 is 0 Å². The third kappa shape index (κ3) is 3.45. The van der Waals surface area contributed by atoms with Gasteiger partial charge in [0.2, 0.25) is 11.2 Å². The normalized spacial score (nSPS) is 12.6. The highest BCUT2D eigenvalue weighted by Gasteiger charge is 2.35. The summed E-state index contributed by atoms with van der Waals surface area (Å²) < 4.78 is 30.0. The maximum Gasteiger partial charge on any atom is 0.235 e. The summed E-state index contributed by atoms with van der Waals surface area (Å²) >= 11 is 0. The van der Waals surface area contributed by atoms with Crippen LogP contribution < -0.4 is 4.57 Å². The first kappa shape index (κ1) is 19.4. The molecule has 27 heavy (non-hydrogen) atoms. The van der Waals surface area contributed by atoms with Crippen LogP contribution in [0.2, 0.25) is 0 Å². The van der Waals surface area contributed by atoms with Crippen molar-refractivity contribution < 1.29 is 13.3 Å². The molecule has 2 aromatic carbocycles. The molecule has 0 unspecified atom stereocenters. The van der Waals surface area contributed by atoms with Crippen molar-refractivity contribution in [3.63, 3.8) is 0 Å². The second-order valence-corrected chi connectivity index (χ2v) is 9.10. The molecular weight excluding hydrogens is 342 g/mol. The maximum absolute atomic E-state index is 14.1. The average Bonchev–Trinajstić information content (AvgIpc) is 2.53. The molecule has 0 aliphatic carbocycles. The van der Waals surface area contributed by atoms with Crippen molar-refractivity contribution in [1.82, 2.24) is 4.98 Å². The van der Waals surface area contributed by atoms with Crippen LogP contribution in [-0.2, 0) is 11.0 Å². The van der Waals surface area contributed by atoms with Crippen LogP contribution in [0.25, 0.3) is 22.3 Å². The highest BCUT2D eigenvalue weighted by atomic mass is 19.2. The molecular formula is C23H27F2N2+. The molecule has 0 aliphatic rings. The largest absolute Gasteiger partial charge is 0.240 e. The fourth-order valence-corrected chi connectivity index (χ4v) is 3.67. The van der Waals surface area contributed by atoms with E-state index in [-0.39, 0.29) is 11.0 Å². The van der Waals surface area contributed by atoms with E-state index in [2.05, 4.69) is 63.2 Å². The Morgan fingerprint density at radius 1 is 0.889 bits per heavy atom. The summed E-state index contributed by atoms with van der Waals surface area (Å²) in [6, 6.07) is 10.7. The molecule has 0 atom stereocenters.